The van der Waals surface area contributed by atoms with Crippen LogP contribution in [0.15, 0.2) is 27.6 Å². The molecule has 25 heavy (non-hydrogen) atoms. The summed E-state index contributed by atoms with van der Waals surface area (Å²) in [6.45, 7) is 7.86. The first-order valence-corrected chi connectivity index (χ1v) is 9.17. The van der Waals surface area contributed by atoms with Gasteiger partial charge in [-0.25, -0.2) is 0 Å². The zero-order valence-electron chi connectivity index (χ0n) is 15.1. The quantitative estimate of drug-likeness (QED) is 0.731. The van der Waals surface area contributed by atoms with Gasteiger partial charge in [-0.15, -0.1) is 6.42 Å². The van der Waals surface area contributed by atoms with E-state index in [0.717, 1.165) is 49.3 Å². The number of aromatic nitrogens is 1. The van der Waals surface area contributed by atoms with E-state index in [1.54, 1.807) is 0 Å². The molecule has 1 aromatic rings. The average Bonchev–Trinajstić information content (AvgIpc) is 3.21. The van der Waals surface area contributed by atoms with E-state index < -0.39 is 0 Å². The minimum atomic E-state index is -0.204. The van der Waals surface area contributed by atoms with E-state index in [-0.39, 0.29) is 16.2 Å². The Hall–Kier alpha value is -1.99. The van der Waals surface area contributed by atoms with Crippen molar-refractivity contribution in [2.24, 2.45) is 22.2 Å². The monoisotopic (exact) mass is 336 g/mol. The summed E-state index contributed by atoms with van der Waals surface area (Å²) in [4.78, 5) is 5.84. The van der Waals surface area contributed by atoms with E-state index in [1.807, 2.05) is 6.20 Å². The van der Waals surface area contributed by atoms with Crippen LogP contribution in [-0.2, 0) is 11.3 Å². The minimum absolute atomic E-state index is 0.00484. The first-order valence-electron chi connectivity index (χ1n) is 9.17. The predicted octanol–water partition coefficient (Wildman–Crippen LogP) is 3.87. The van der Waals surface area contributed by atoms with Gasteiger partial charge in [0, 0.05) is 11.0 Å². The van der Waals surface area contributed by atoms with E-state index in [0.29, 0.717) is 5.92 Å². The van der Waals surface area contributed by atoms with Crippen molar-refractivity contribution >= 4 is 6.08 Å². The van der Waals surface area contributed by atoms with Crippen molar-refractivity contribution < 1.29 is 9.36 Å². The summed E-state index contributed by atoms with van der Waals surface area (Å²) < 4.78 is 5.51. The highest BCUT2D eigenvalue weighted by Gasteiger charge is 2.60. The van der Waals surface area contributed by atoms with E-state index >= 15 is 0 Å². The highest BCUT2D eigenvalue weighted by molar-refractivity contribution is 5.62. The number of nitrogens with one attached hydrogen (secondary N) is 1. The van der Waals surface area contributed by atoms with Crippen LogP contribution >= 0.6 is 0 Å². The van der Waals surface area contributed by atoms with Crippen LogP contribution in [0.25, 0.3) is 6.08 Å². The van der Waals surface area contributed by atoms with Gasteiger partial charge in [0.2, 0.25) is 0 Å². The fourth-order valence-corrected chi connectivity index (χ4v) is 6.30. The van der Waals surface area contributed by atoms with Crippen LogP contribution in [0.1, 0.15) is 51.4 Å². The molecule has 1 unspecified atom stereocenters. The van der Waals surface area contributed by atoms with Crippen LogP contribution < -0.4 is 5.48 Å². The van der Waals surface area contributed by atoms with Crippen molar-refractivity contribution in [3.8, 4) is 12.3 Å². The van der Waals surface area contributed by atoms with Crippen molar-refractivity contribution in [2.75, 3.05) is 6.54 Å². The summed E-state index contributed by atoms with van der Waals surface area (Å²) in [5, 5.41) is 4.01. The Morgan fingerprint density at radius 1 is 1.32 bits per heavy atom. The molecule has 0 amide bonds. The van der Waals surface area contributed by atoms with Crippen molar-refractivity contribution in [3.05, 3.63) is 34.4 Å². The van der Waals surface area contributed by atoms with E-state index in [4.69, 9.17) is 15.8 Å². The van der Waals surface area contributed by atoms with Crippen LogP contribution in [0.4, 0.5) is 0 Å². The first kappa shape index (κ1) is 15.3. The van der Waals surface area contributed by atoms with Gasteiger partial charge in [0.1, 0.15) is 5.76 Å². The Morgan fingerprint density at radius 3 is 2.96 bits per heavy atom. The van der Waals surface area contributed by atoms with E-state index in [1.165, 1.54) is 11.1 Å². The lowest BCUT2D eigenvalue weighted by Crippen LogP contribution is -2.52. The van der Waals surface area contributed by atoms with Crippen LogP contribution in [0.5, 0.6) is 0 Å². The molecule has 4 nitrogen and oxygen atoms in total. The fraction of sp³-hybridized carbons (Fsp3) is 0.571. The lowest BCUT2D eigenvalue weighted by atomic mass is 9.44. The second-order valence-electron chi connectivity index (χ2n) is 8.94. The van der Waals surface area contributed by atoms with Gasteiger partial charge < -0.3 is 9.36 Å². The highest BCUT2D eigenvalue weighted by atomic mass is 16.7. The molecule has 3 aliphatic carbocycles. The Kier molecular flexibility index (Phi) is 2.81. The van der Waals surface area contributed by atoms with Crippen molar-refractivity contribution in [2.45, 2.75) is 46.5 Å². The zero-order valence-corrected chi connectivity index (χ0v) is 15.1. The maximum absolute atomic E-state index is 6.14. The van der Waals surface area contributed by atoms with Gasteiger partial charge >= 0.3 is 0 Å². The predicted molar refractivity (Wildman–Crippen MR) is 94.8 cm³/mol. The van der Waals surface area contributed by atoms with Gasteiger partial charge in [-0.05, 0) is 54.2 Å². The largest absolute Gasteiger partial charge is 0.412 e. The van der Waals surface area contributed by atoms with E-state index in [2.05, 4.69) is 43.4 Å². The lowest BCUT2D eigenvalue weighted by Gasteiger charge is -2.59. The highest BCUT2D eigenvalue weighted by Crippen LogP contribution is 2.67. The summed E-state index contributed by atoms with van der Waals surface area (Å²) >= 11 is 0. The molecule has 0 saturated heterocycles. The summed E-state index contributed by atoms with van der Waals surface area (Å²) in [5.41, 5.74) is 6.81. The third kappa shape index (κ3) is 1.75. The number of rotatable bonds is 0. The number of hydroxylamine groups is 1. The summed E-state index contributed by atoms with van der Waals surface area (Å²) in [6.07, 6.45) is 14.2. The standard InChI is InChI=1S/C21H24N2O2/c1-5-21-7-6-16-19(2,3)18-14(12-23-25-18)9-20(16,4)17(21)8-15-13(10-21)11-22-24-15/h1,8,11,16,23H,6-7,9-10,12H2,2-4H3/t16?,20-,21-/m0/s1. The van der Waals surface area contributed by atoms with E-state index in [9.17, 15) is 0 Å². The first-order chi connectivity index (χ1) is 11.9. The molecule has 0 aromatic carbocycles. The molecular weight excluding hydrogens is 312 g/mol. The SMILES string of the molecule is C#C[C@@]12CCC3C(C)(C)C4=C(CNO4)C[C@]3(C)C1=Cc1oncc1C2. The molecule has 1 saturated carbocycles. The minimum Gasteiger partial charge on any atom is -0.412 e. The number of nitrogens with zero attached hydrogens (tertiary/aromatic N) is 1. The molecule has 0 bridgehead atoms. The maximum Gasteiger partial charge on any atom is 0.162 e. The van der Waals surface area contributed by atoms with Gasteiger partial charge in [-0.1, -0.05) is 31.8 Å². The summed E-state index contributed by atoms with van der Waals surface area (Å²) in [6, 6.07) is 0. The summed E-state index contributed by atoms with van der Waals surface area (Å²) in [7, 11) is 0. The Morgan fingerprint density at radius 2 is 2.16 bits per heavy atom. The second kappa shape index (κ2) is 4.59. The zero-order chi connectivity index (χ0) is 17.4. The molecule has 5 rings (SSSR count). The molecule has 1 N–H and O–H groups in total. The summed E-state index contributed by atoms with van der Waals surface area (Å²) in [5.74, 6) is 5.73. The number of allylic oxidation sites excluding steroid dienone is 2. The normalized spacial score (nSPS) is 37.8. The topological polar surface area (TPSA) is 47.3 Å². The Labute approximate surface area is 148 Å². The fourth-order valence-electron chi connectivity index (χ4n) is 6.30. The van der Waals surface area contributed by atoms with Gasteiger partial charge in [0.05, 0.1) is 18.2 Å². The number of fused-ring (bicyclic) bond motifs is 4. The molecule has 130 valence electrons. The molecule has 3 atom stereocenters. The number of hydrogen-bond acceptors (Lipinski definition) is 4. The number of terminal acetylenes is 1. The van der Waals surface area contributed by atoms with Gasteiger partial charge in [0.25, 0.3) is 0 Å². The molecule has 1 aromatic heterocycles. The number of hydrogen-bond donors (Lipinski definition) is 1. The van der Waals surface area contributed by atoms with Crippen LogP contribution in [0.2, 0.25) is 0 Å². The Bertz CT molecular complexity index is 869. The smallest absolute Gasteiger partial charge is 0.162 e. The average molecular weight is 336 g/mol. The third-order valence-corrected chi connectivity index (χ3v) is 7.30. The van der Waals surface area contributed by atoms with Gasteiger partial charge in [-0.3, -0.25) is 0 Å². The van der Waals surface area contributed by atoms with Crippen molar-refractivity contribution in [1.29, 1.82) is 0 Å². The van der Waals surface area contributed by atoms with Crippen LogP contribution in [-0.4, -0.2) is 11.7 Å². The van der Waals surface area contributed by atoms with Crippen molar-refractivity contribution in [1.82, 2.24) is 10.6 Å². The molecular formula is C21H24N2O2. The lowest BCUT2D eigenvalue weighted by molar-refractivity contribution is -0.0119. The molecule has 4 aliphatic rings. The molecule has 1 fully saturated rings. The van der Waals surface area contributed by atoms with Crippen LogP contribution in [0.3, 0.4) is 0 Å². The molecule has 0 spiro atoms. The maximum atomic E-state index is 6.14. The van der Waals surface area contributed by atoms with Crippen LogP contribution in [0, 0.1) is 34.5 Å². The Balaban J connectivity index is 1.72. The molecule has 0 radical (unpaired) electrons. The molecule has 1 aliphatic heterocycles. The molecule has 4 heteroatoms. The third-order valence-electron chi connectivity index (χ3n) is 7.30. The van der Waals surface area contributed by atoms with Crippen molar-refractivity contribution in [3.63, 3.8) is 0 Å². The van der Waals surface area contributed by atoms with Gasteiger partial charge in [-0.2, -0.15) is 5.48 Å². The van der Waals surface area contributed by atoms with Gasteiger partial charge in [0.15, 0.2) is 5.76 Å². The second-order valence-corrected chi connectivity index (χ2v) is 8.94. The molecule has 2 heterocycles.